The van der Waals surface area contributed by atoms with Crippen molar-refractivity contribution >= 4 is 11.8 Å². The second-order valence-corrected chi connectivity index (χ2v) is 3.16. The molecule has 11 heavy (non-hydrogen) atoms. The summed E-state index contributed by atoms with van der Waals surface area (Å²) in [4.78, 5) is 4.07. The molecular formula is C6H9N3OS. The van der Waals surface area contributed by atoms with Gasteiger partial charge in [-0.05, 0) is 6.26 Å². The molecule has 0 spiro atoms. The van der Waals surface area contributed by atoms with E-state index in [2.05, 4.69) is 10.1 Å². The van der Waals surface area contributed by atoms with Gasteiger partial charge in [0.15, 0.2) is 5.16 Å². The molecule has 0 radical (unpaired) electrons. The first-order valence-corrected chi connectivity index (χ1v) is 4.66. The molecule has 0 N–H and O–H groups in total. The van der Waals surface area contributed by atoms with Crippen LogP contribution in [0.2, 0.25) is 0 Å². The Bertz CT molecular complexity index is 246. The van der Waals surface area contributed by atoms with Crippen LogP contribution in [-0.2, 0) is 11.3 Å². The first-order valence-electron chi connectivity index (χ1n) is 3.43. The molecule has 0 bridgehead atoms. The van der Waals surface area contributed by atoms with E-state index in [-0.39, 0.29) is 0 Å². The van der Waals surface area contributed by atoms with Crippen molar-refractivity contribution in [2.45, 2.75) is 17.8 Å². The van der Waals surface area contributed by atoms with E-state index >= 15 is 0 Å². The van der Waals surface area contributed by atoms with Crippen molar-refractivity contribution in [1.29, 1.82) is 0 Å². The molecule has 0 aliphatic carbocycles. The number of hydrogen-bond acceptors (Lipinski definition) is 4. The fourth-order valence-electron chi connectivity index (χ4n) is 0.903. The van der Waals surface area contributed by atoms with Crippen molar-refractivity contribution in [1.82, 2.24) is 14.8 Å². The fraction of sp³-hybridized carbons (Fsp3) is 0.667. The fourth-order valence-corrected chi connectivity index (χ4v) is 1.39. The third kappa shape index (κ3) is 1.54. The standard InChI is InChI=1S/C6H9N3OS/c1-11-6-7-4-8-9(6)2-5-3-10-5/h4-5H,2-3H2,1H3. The maximum atomic E-state index is 5.08. The second-order valence-electron chi connectivity index (χ2n) is 2.38. The molecule has 60 valence electrons. The zero-order valence-electron chi connectivity index (χ0n) is 6.23. The van der Waals surface area contributed by atoms with Crippen molar-refractivity contribution in [3.8, 4) is 0 Å². The van der Waals surface area contributed by atoms with Crippen LogP contribution in [0.15, 0.2) is 11.5 Å². The molecule has 1 saturated heterocycles. The van der Waals surface area contributed by atoms with Crippen molar-refractivity contribution < 1.29 is 4.74 Å². The summed E-state index contributed by atoms with van der Waals surface area (Å²) in [6.07, 6.45) is 3.95. The molecule has 1 atom stereocenters. The SMILES string of the molecule is CSc1ncnn1CC1CO1. The summed E-state index contributed by atoms with van der Waals surface area (Å²) in [5.41, 5.74) is 0. The molecule has 1 aliphatic heterocycles. The number of nitrogens with zero attached hydrogens (tertiary/aromatic N) is 3. The van der Waals surface area contributed by atoms with Gasteiger partial charge in [-0.15, -0.1) is 0 Å². The van der Waals surface area contributed by atoms with Crippen molar-refractivity contribution in [3.05, 3.63) is 6.33 Å². The predicted octanol–water partition coefficient (Wildman–Crippen LogP) is 0.399. The lowest BCUT2D eigenvalue weighted by Gasteiger charge is -1.98. The molecule has 1 aromatic rings. The minimum atomic E-state index is 0.377. The molecule has 5 heteroatoms. The van der Waals surface area contributed by atoms with Crippen LogP contribution in [0.3, 0.4) is 0 Å². The Morgan fingerprint density at radius 2 is 2.73 bits per heavy atom. The molecule has 0 amide bonds. The number of epoxide rings is 1. The molecule has 1 aromatic heterocycles. The summed E-state index contributed by atoms with van der Waals surface area (Å²) in [7, 11) is 0. The molecule has 1 fully saturated rings. The Morgan fingerprint density at radius 3 is 3.36 bits per heavy atom. The first-order chi connectivity index (χ1) is 5.40. The predicted molar refractivity (Wildman–Crippen MR) is 41.5 cm³/mol. The Balaban J connectivity index is 2.07. The van der Waals surface area contributed by atoms with Crippen LogP contribution in [0.1, 0.15) is 0 Å². The van der Waals surface area contributed by atoms with Crippen LogP contribution >= 0.6 is 11.8 Å². The maximum absolute atomic E-state index is 5.08. The highest BCUT2D eigenvalue weighted by atomic mass is 32.2. The second kappa shape index (κ2) is 2.83. The number of ether oxygens (including phenoxy) is 1. The number of rotatable bonds is 3. The zero-order valence-corrected chi connectivity index (χ0v) is 7.04. The van der Waals surface area contributed by atoms with Crippen LogP contribution in [0.4, 0.5) is 0 Å². The highest BCUT2D eigenvalue weighted by Gasteiger charge is 2.24. The van der Waals surface area contributed by atoms with Gasteiger partial charge in [0, 0.05) is 0 Å². The summed E-state index contributed by atoms with van der Waals surface area (Å²) in [5.74, 6) is 0. The molecule has 4 nitrogen and oxygen atoms in total. The lowest BCUT2D eigenvalue weighted by atomic mass is 10.5. The van der Waals surface area contributed by atoms with Gasteiger partial charge in [0.2, 0.25) is 0 Å². The maximum Gasteiger partial charge on any atom is 0.185 e. The molecule has 1 unspecified atom stereocenters. The molecule has 0 aromatic carbocycles. The average molecular weight is 171 g/mol. The van der Waals surface area contributed by atoms with Crippen LogP contribution in [0.5, 0.6) is 0 Å². The summed E-state index contributed by atoms with van der Waals surface area (Å²) >= 11 is 1.61. The van der Waals surface area contributed by atoms with Gasteiger partial charge in [-0.3, -0.25) is 0 Å². The lowest BCUT2D eigenvalue weighted by molar-refractivity contribution is 0.365. The van der Waals surface area contributed by atoms with E-state index in [1.54, 1.807) is 18.1 Å². The van der Waals surface area contributed by atoms with Crippen LogP contribution < -0.4 is 0 Å². The summed E-state index contributed by atoms with van der Waals surface area (Å²) < 4.78 is 6.96. The van der Waals surface area contributed by atoms with Gasteiger partial charge in [0.05, 0.1) is 13.2 Å². The van der Waals surface area contributed by atoms with Crippen LogP contribution in [0, 0.1) is 0 Å². The summed E-state index contributed by atoms with van der Waals surface area (Å²) in [5, 5.41) is 5.03. The van der Waals surface area contributed by atoms with Crippen molar-refractivity contribution in [2.75, 3.05) is 12.9 Å². The average Bonchev–Trinajstić information content (AvgIpc) is 2.68. The van der Waals surface area contributed by atoms with Gasteiger partial charge in [0.1, 0.15) is 12.4 Å². The van der Waals surface area contributed by atoms with Crippen LogP contribution in [-0.4, -0.2) is 33.7 Å². The quantitative estimate of drug-likeness (QED) is 0.487. The van der Waals surface area contributed by atoms with Gasteiger partial charge in [-0.2, -0.15) is 5.10 Å². The monoisotopic (exact) mass is 171 g/mol. The minimum absolute atomic E-state index is 0.377. The third-order valence-corrected chi connectivity index (χ3v) is 2.22. The molecule has 2 rings (SSSR count). The normalized spacial score (nSPS) is 22.1. The Morgan fingerprint density at radius 1 is 1.91 bits per heavy atom. The number of aromatic nitrogens is 3. The Hall–Kier alpha value is -0.550. The molecule has 1 aliphatic rings. The van der Waals surface area contributed by atoms with Gasteiger partial charge in [-0.25, -0.2) is 9.67 Å². The zero-order chi connectivity index (χ0) is 7.68. The molecule has 0 saturated carbocycles. The van der Waals surface area contributed by atoms with Crippen LogP contribution in [0.25, 0.3) is 0 Å². The molecular weight excluding hydrogens is 162 g/mol. The van der Waals surface area contributed by atoms with Gasteiger partial charge >= 0.3 is 0 Å². The van der Waals surface area contributed by atoms with E-state index in [1.807, 2.05) is 10.9 Å². The number of thioether (sulfide) groups is 1. The highest BCUT2D eigenvalue weighted by molar-refractivity contribution is 7.98. The Labute approximate surface area is 68.9 Å². The van der Waals surface area contributed by atoms with Gasteiger partial charge in [-0.1, -0.05) is 11.8 Å². The molecule has 2 heterocycles. The summed E-state index contributed by atoms with van der Waals surface area (Å²) in [6, 6.07) is 0. The van der Waals surface area contributed by atoms with E-state index < -0.39 is 0 Å². The summed E-state index contributed by atoms with van der Waals surface area (Å²) in [6.45, 7) is 1.71. The van der Waals surface area contributed by atoms with Gasteiger partial charge < -0.3 is 4.74 Å². The lowest BCUT2D eigenvalue weighted by Crippen LogP contribution is -2.06. The largest absolute Gasteiger partial charge is 0.371 e. The number of hydrogen-bond donors (Lipinski definition) is 0. The van der Waals surface area contributed by atoms with Crippen molar-refractivity contribution in [3.63, 3.8) is 0 Å². The van der Waals surface area contributed by atoms with E-state index in [4.69, 9.17) is 4.74 Å². The van der Waals surface area contributed by atoms with E-state index in [9.17, 15) is 0 Å². The van der Waals surface area contributed by atoms with Gasteiger partial charge in [0.25, 0.3) is 0 Å². The van der Waals surface area contributed by atoms with E-state index in [0.29, 0.717) is 6.10 Å². The Kier molecular flexibility index (Phi) is 1.83. The topological polar surface area (TPSA) is 43.2 Å². The third-order valence-electron chi connectivity index (χ3n) is 1.54. The first kappa shape index (κ1) is 7.12. The van der Waals surface area contributed by atoms with Crippen molar-refractivity contribution in [2.24, 2.45) is 0 Å². The van der Waals surface area contributed by atoms with E-state index in [1.165, 1.54) is 0 Å². The highest BCUT2D eigenvalue weighted by Crippen LogP contribution is 2.15. The van der Waals surface area contributed by atoms with E-state index in [0.717, 1.165) is 18.3 Å². The minimum Gasteiger partial charge on any atom is -0.371 e. The smallest absolute Gasteiger partial charge is 0.185 e.